The van der Waals surface area contributed by atoms with Crippen molar-refractivity contribution in [3.05, 3.63) is 0 Å². The lowest BCUT2D eigenvalue weighted by molar-refractivity contribution is -0.240. The van der Waals surface area contributed by atoms with Crippen LogP contribution in [0.15, 0.2) is 0 Å². The highest BCUT2D eigenvalue weighted by atomic mass is 16.7. The van der Waals surface area contributed by atoms with E-state index in [0.717, 1.165) is 0 Å². The molecule has 0 aliphatic carbocycles. The predicted octanol–water partition coefficient (Wildman–Crippen LogP) is 0.351. The van der Waals surface area contributed by atoms with Gasteiger partial charge in [-0.05, 0) is 6.92 Å². The largest absolute Gasteiger partial charge is 0.466 e. The van der Waals surface area contributed by atoms with E-state index in [9.17, 15) is 19.2 Å². The average Bonchev–Trinajstić information content (AvgIpc) is 2.22. The molecule has 0 saturated carbocycles. The molecule has 0 aromatic rings. The number of ketones is 1. The van der Waals surface area contributed by atoms with Gasteiger partial charge in [0.25, 0.3) is 5.79 Å². The van der Waals surface area contributed by atoms with Crippen LogP contribution < -0.4 is 0 Å². The second-order valence-electron chi connectivity index (χ2n) is 4.52. The van der Waals surface area contributed by atoms with Gasteiger partial charge in [-0.3, -0.25) is 19.2 Å². The van der Waals surface area contributed by atoms with Crippen molar-refractivity contribution in [1.82, 2.24) is 0 Å². The molecule has 7 heteroatoms. The van der Waals surface area contributed by atoms with Crippen molar-refractivity contribution in [3.63, 3.8) is 0 Å². The smallest absolute Gasteiger partial charge is 0.324 e. The van der Waals surface area contributed by atoms with Gasteiger partial charge in [0.05, 0.1) is 6.61 Å². The summed E-state index contributed by atoms with van der Waals surface area (Å²) in [5, 5.41) is 0. The molecule has 1 heterocycles. The van der Waals surface area contributed by atoms with E-state index in [1.54, 1.807) is 6.92 Å². The van der Waals surface area contributed by atoms with Gasteiger partial charge in [0.15, 0.2) is 5.92 Å². The molecule has 1 aliphatic heterocycles. The SMILES string of the molecule is CCOC(=O)CC(=O)CC1C(=O)OC(C)(C)OC1=O. The van der Waals surface area contributed by atoms with Crippen molar-refractivity contribution in [2.45, 2.75) is 39.4 Å². The lowest BCUT2D eigenvalue weighted by Crippen LogP contribution is -2.46. The maximum Gasteiger partial charge on any atom is 0.324 e. The van der Waals surface area contributed by atoms with Crippen LogP contribution in [0.25, 0.3) is 0 Å². The number of hydrogen-bond donors (Lipinski definition) is 0. The molecule has 0 atom stereocenters. The molecule has 1 saturated heterocycles. The Labute approximate surface area is 110 Å². The number of cyclic esters (lactones) is 2. The van der Waals surface area contributed by atoms with E-state index >= 15 is 0 Å². The fourth-order valence-electron chi connectivity index (χ4n) is 1.58. The van der Waals surface area contributed by atoms with Gasteiger partial charge in [0.2, 0.25) is 0 Å². The van der Waals surface area contributed by atoms with Gasteiger partial charge in [0, 0.05) is 20.3 Å². The van der Waals surface area contributed by atoms with Crippen molar-refractivity contribution in [2.24, 2.45) is 5.92 Å². The Morgan fingerprint density at radius 1 is 1.21 bits per heavy atom. The Balaban J connectivity index is 2.57. The molecule has 0 amide bonds. The highest BCUT2D eigenvalue weighted by Crippen LogP contribution is 2.25. The van der Waals surface area contributed by atoms with Crippen molar-refractivity contribution in [1.29, 1.82) is 0 Å². The number of carbonyl (C=O) groups excluding carboxylic acids is 4. The van der Waals surface area contributed by atoms with Crippen LogP contribution in [0.1, 0.15) is 33.6 Å². The second kappa shape index (κ2) is 5.81. The average molecular weight is 272 g/mol. The molecule has 0 unspecified atom stereocenters. The Kier molecular flexibility index (Phi) is 4.63. The third-order valence-corrected chi connectivity index (χ3v) is 2.34. The molecule has 1 rings (SSSR count). The van der Waals surface area contributed by atoms with E-state index < -0.39 is 48.2 Å². The van der Waals surface area contributed by atoms with Crippen LogP contribution in [0.5, 0.6) is 0 Å². The van der Waals surface area contributed by atoms with Crippen molar-refractivity contribution < 1.29 is 33.4 Å². The van der Waals surface area contributed by atoms with Gasteiger partial charge in [-0.25, -0.2) is 0 Å². The van der Waals surface area contributed by atoms with Gasteiger partial charge < -0.3 is 14.2 Å². The van der Waals surface area contributed by atoms with Gasteiger partial charge in [-0.1, -0.05) is 0 Å². The van der Waals surface area contributed by atoms with E-state index in [4.69, 9.17) is 9.47 Å². The normalized spacial score (nSPS) is 18.5. The van der Waals surface area contributed by atoms with Crippen LogP contribution >= 0.6 is 0 Å². The number of carbonyl (C=O) groups is 4. The quantitative estimate of drug-likeness (QED) is 0.526. The summed E-state index contributed by atoms with van der Waals surface area (Å²) in [4.78, 5) is 45.8. The van der Waals surface area contributed by atoms with E-state index in [0.29, 0.717) is 0 Å². The van der Waals surface area contributed by atoms with Crippen molar-refractivity contribution in [3.8, 4) is 0 Å². The van der Waals surface area contributed by atoms with Gasteiger partial charge >= 0.3 is 17.9 Å². The third kappa shape index (κ3) is 4.35. The minimum absolute atomic E-state index is 0.161. The highest BCUT2D eigenvalue weighted by molar-refractivity contribution is 6.03. The minimum Gasteiger partial charge on any atom is -0.466 e. The molecule has 1 aliphatic rings. The summed E-state index contributed by atoms with van der Waals surface area (Å²) in [5.74, 6) is -5.54. The summed E-state index contributed by atoms with van der Waals surface area (Å²) in [7, 11) is 0. The summed E-state index contributed by atoms with van der Waals surface area (Å²) in [6.07, 6.45) is -0.902. The number of Topliss-reactive ketones (excluding diaryl/α,β-unsaturated/α-hetero) is 1. The van der Waals surface area contributed by atoms with Crippen LogP contribution in [-0.2, 0) is 33.4 Å². The lowest BCUT2D eigenvalue weighted by Gasteiger charge is -2.32. The first-order valence-electron chi connectivity index (χ1n) is 5.88. The number of esters is 3. The fourth-order valence-corrected chi connectivity index (χ4v) is 1.58. The van der Waals surface area contributed by atoms with E-state index in [2.05, 4.69) is 4.74 Å². The van der Waals surface area contributed by atoms with Crippen LogP contribution in [0.2, 0.25) is 0 Å². The zero-order valence-corrected chi connectivity index (χ0v) is 11.1. The number of hydrogen-bond acceptors (Lipinski definition) is 7. The first-order chi connectivity index (χ1) is 8.75. The summed E-state index contributed by atoms with van der Waals surface area (Å²) >= 11 is 0. The summed E-state index contributed by atoms with van der Waals surface area (Å²) in [6, 6.07) is 0. The topological polar surface area (TPSA) is 96.0 Å². The van der Waals surface area contributed by atoms with Gasteiger partial charge in [-0.2, -0.15) is 0 Å². The first kappa shape index (κ1) is 15.1. The molecule has 0 spiro atoms. The van der Waals surface area contributed by atoms with Gasteiger partial charge in [-0.15, -0.1) is 0 Å². The van der Waals surface area contributed by atoms with Crippen LogP contribution in [0.4, 0.5) is 0 Å². The van der Waals surface area contributed by atoms with Gasteiger partial charge in [0.1, 0.15) is 12.2 Å². The van der Waals surface area contributed by atoms with Crippen LogP contribution in [0, 0.1) is 5.92 Å². The molecule has 1 fully saturated rings. The summed E-state index contributed by atoms with van der Waals surface area (Å²) < 4.78 is 14.3. The Morgan fingerprint density at radius 3 is 2.21 bits per heavy atom. The zero-order valence-electron chi connectivity index (χ0n) is 11.1. The van der Waals surface area contributed by atoms with E-state index in [1.807, 2.05) is 0 Å². The molecule has 0 aromatic heterocycles. The van der Waals surface area contributed by atoms with Crippen LogP contribution in [-0.4, -0.2) is 36.1 Å². The molecule has 7 nitrogen and oxygen atoms in total. The monoisotopic (exact) mass is 272 g/mol. The van der Waals surface area contributed by atoms with Crippen LogP contribution in [0.3, 0.4) is 0 Å². The van der Waals surface area contributed by atoms with E-state index in [-0.39, 0.29) is 6.61 Å². The standard InChI is InChI=1S/C12H16O7/c1-4-17-9(14)6-7(13)5-8-10(15)18-12(2,3)19-11(8)16/h8H,4-6H2,1-3H3. The number of rotatable bonds is 5. The Hall–Kier alpha value is -1.92. The fraction of sp³-hybridized carbons (Fsp3) is 0.667. The Bertz CT molecular complexity index is 390. The Morgan fingerprint density at radius 2 is 1.74 bits per heavy atom. The predicted molar refractivity (Wildman–Crippen MR) is 60.6 cm³/mol. The molecule has 0 N–H and O–H groups in total. The molecule has 19 heavy (non-hydrogen) atoms. The molecular formula is C12H16O7. The molecule has 0 bridgehead atoms. The van der Waals surface area contributed by atoms with Crippen molar-refractivity contribution >= 4 is 23.7 Å². The van der Waals surface area contributed by atoms with E-state index in [1.165, 1.54) is 13.8 Å². The first-order valence-corrected chi connectivity index (χ1v) is 5.88. The molecule has 0 aromatic carbocycles. The van der Waals surface area contributed by atoms with Crippen molar-refractivity contribution in [2.75, 3.05) is 6.61 Å². The molecular weight excluding hydrogens is 256 g/mol. The maximum absolute atomic E-state index is 11.6. The summed E-state index contributed by atoms with van der Waals surface area (Å²) in [5.41, 5.74) is 0. The lowest BCUT2D eigenvalue weighted by atomic mass is 10.00. The second-order valence-corrected chi connectivity index (χ2v) is 4.52. The summed E-state index contributed by atoms with van der Waals surface area (Å²) in [6.45, 7) is 4.60. The third-order valence-electron chi connectivity index (χ3n) is 2.34. The zero-order chi connectivity index (χ0) is 14.6. The highest BCUT2D eigenvalue weighted by Gasteiger charge is 2.44. The maximum atomic E-state index is 11.6. The number of ether oxygens (including phenoxy) is 3. The minimum atomic E-state index is -1.32. The molecule has 0 radical (unpaired) electrons. The molecule has 106 valence electrons.